The second-order valence-electron chi connectivity index (χ2n) is 5.65. The van der Waals surface area contributed by atoms with Crippen molar-refractivity contribution in [3.05, 3.63) is 67.0 Å². The first-order valence-electron chi connectivity index (χ1n) is 7.40. The normalized spacial score (nSPS) is 11.2. The lowest BCUT2D eigenvalue weighted by molar-refractivity contribution is 0.621. The Morgan fingerprint density at radius 1 is 1.13 bits per heavy atom. The summed E-state index contributed by atoms with van der Waals surface area (Å²) in [6.45, 7) is 5.94. The Bertz CT molecular complexity index is 959. The van der Waals surface area contributed by atoms with E-state index in [4.69, 9.17) is 0 Å². The molecule has 0 atom stereocenters. The fraction of sp³-hybridized carbons (Fsp3) is 0.222. The average Bonchev–Trinajstić information content (AvgIpc) is 2.48. The maximum Gasteiger partial charge on any atom is 0.266 e. The van der Waals surface area contributed by atoms with E-state index in [1.165, 1.54) is 6.07 Å². The number of aryl methyl sites for hydroxylation is 3. The number of rotatable bonds is 2. The van der Waals surface area contributed by atoms with Gasteiger partial charge in [-0.25, -0.2) is 9.37 Å². The topological polar surface area (TPSA) is 34.9 Å². The van der Waals surface area contributed by atoms with E-state index in [1.54, 1.807) is 10.6 Å². The molecule has 0 aliphatic rings. The second kappa shape index (κ2) is 6.03. The molecule has 3 rings (SSSR count). The summed E-state index contributed by atoms with van der Waals surface area (Å²) in [6, 6.07) is 8.90. The fourth-order valence-corrected chi connectivity index (χ4v) is 3.28. The van der Waals surface area contributed by atoms with Gasteiger partial charge < -0.3 is 0 Å². The Morgan fingerprint density at radius 3 is 2.39 bits per heavy atom. The molecule has 0 amide bonds. The standard InChI is InChI=1S/C18H16FIN2O/c1-4-17-21-16-9-14(19)15(20)8-13(16)18(23)22(17)12-6-10(2)5-11(3)7-12/h5-9H,4H2,1-3H3. The summed E-state index contributed by atoms with van der Waals surface area (Å²) in [7, 11) is 0. The number of benzene rings is 2. The lowest BCUT2D eigenvalue weighted by Gasteiger charge is -2.14. The molecule has 5 heteroatoms. The molecule has 0 saturated carbocycles. The van der Waals surface area contributed by atoms with Crippen LogP contribution in [0.2, 0.25) is 0 Å². The van der Waals surface area contributed by atoms with Crippen LogP contribution in [0.15, 0.2) is 35.1 Å². The van der Waals surface area contributed by atoms with E-state index in [1.807, 2.05) is 55.5 Å². The molecule has 3 nitrogen and oxygen atoms in total. The summed E-state index contributed by atoms with van der Waals surface area (Å²) >= 11 is 1.89. The van der Waals surface area contributed by atoms with E-state index in [-0.39, 0.29) is 11.4 Å². The van der Waals surface area contributed by atoms with E-state index in [0.717, 1.165) is 16.8 Å². The molecule has 0 spiro atoms. The largest absolute Gasteiger partial charge is 0.268 e. The summed E-state index contributed by atoms with van der Waals surface area (Å²) < 4.78 is 15.8. The maximum atomic E-state index is 13.8. The summed E-state index contributed by atoms with van der Waals surface area (Å²) in [5.74, 6) is 0.282. The molecule has 0 bridgehead atoms. The van der Waals surface area contributed by atoms with Gasteiger partial charge in [-0.2, -0.15) is 0 Å². The van der Waals surface area contributed by atoms with Crippen molar-refractivity contribution in [2.45, 2.75) is 27.2 Å². The van der Waals surface area contributed by atoms with Gasteiger partial charge in [-0.3, -0.25) is 9.36 Å². The molecule has 0 aliphatic carbocycles. The van der Waals surface area contributed by atoms with Crippen molar-refractivity contribution in [3.8, 4) is 5.69 Å². The third kappa shape index (κ3) is 2.89. The lowest BCUT2D eigenvalue weighted by atomic mass is 10.1. The van der Waals surface area contributed by atoms with Crippen LogP contribution >= 0.6 is 22.6 Å². The monoisotopic (exact) mass is 422 g/mol. The average molecular weight is 422 g/mol. The molecule has 0 fully saturated rings. The molecule has 0 radical (unpaired) electrons. The van der Waals surface area contributed by atoms with Gasteiger partial charge >= 0.3 is 0 Å². The number of hydrogen-bond acceptors (Lipinski definition) is 2. The molecule has 2 aromatic carbocycles. The van der Waals surface area contributed by atoms with Crippen LogP contribution in [0.25, 0.3) is 16.6 Å². The van der Waals surface area contributed by atoms with E-state index in [9.17, 15) is 9.18 Å². The van der Waals surface area contributed by atoms with Crippen LogP contribution in [-0.2, 0) is 6.42 Å². The molecule has 0 unspecified atom stereocenters. The first-order chi connectivity index (χ1) is 10.9. The van der Waals surface area contributed by atoms with E-state index >= 15 is 0 Å². The number of hydrogen-bond donors (Lipinski definition) is 0. The van der Waals surface area contributed by atoms with Gasteiger partial charge in [-0.05, 0) is 65.8 Å². The number of nitrogens with zero attached hydrogens (tertiary/aromatic N) is 2. The van der Waals surface area contributed by atoms with Gasteiger partial charge in [-0.1, -0.05) is 13.0 Å². The third-order valence-electron chi connectivity index (χ3n) is 3.76. The lowest BCUT2D eigenvalue weighted by Crippen LogP contribution is -2.24. The molecule has 1 heterocycles. The van der Waals surface area contributed by atoms with Crippen LogP contribution in [0.5, 0.6) is 0 Å². The summed E-state index contributed by atoms with van der Waals surface area (Å²) in [5.41, 5.74) is 3.23. The molecule has 0 aliphatic heterocycles. The van der Waals surface area contributed by atoms with Crippen molar-refractivity contribution in [3.63, 3.8) is 0 Å². The zero-order valence-corrected chi connectivity index (χ0v) is 15.3. The zero-order chi connectivity index (χ0) is 16.7. The Labute approximate surface area is 147 Å². The van der Waals surface area contributed by atoms with Crippen LogP contribution < -0.4 is 5.56 Å². The van der Waals surface area contributed by atoms with Crippen LogP contribution in [0.1, 0.15) is 23.9 Å². The molecular weight excluding hydrogens is 406 g/mol. The van der Waals surface area contributed by atoms with Crippen LogP contribution in [0.4, 0.5) is 4.39 Å². The fourth-order valence-electron chi connectivity index (χ4n) is 2.81. The minimum atomic E-state index is -0.351. The van der Waals surface area contributed by atoms with E-state index in [0.29, 0.717) is 26.7 Å². The minimum absolute atomic E-state index is 0.158. The SMILES string of the molecule is CCc1nc2cc(F)c(I)cc2c(=O)n1-c1cc(C)cc(C)c1. The van der Waals surface area contributed by atoms with Gasteiger partial charge in [0, 0.05) is 16.1 Å². The molecule has 3 aromatic rings. The van der Waals surface area contributed by atoms with Crippen molar-refractivity contribution < 1.29 is 4.39 Å². The van der Waals surface area contributed by atoms with Gasteiger partial charge in [-0.15, -0.1) is 0 Å². The highest BCUT2D eigenvalue weighted by atomic mass is 127. The van der Waals surface area contributed by atoms with Crippen molar-refractivity contribution in [1.82, 2.24) is 9.55 Å². The number of aromatic nitrogens is 2. The predicted molar refractivity (Wildman–Crippen MR) is 98.9 cm³/mol. The van der Waals surface area contributed by atoms with Crippen LogP contribution in [0, 0.1) is 23.2 Å². The first kappa shape index (κ1) is 16.1. The Kier molecular flexibility index (Phi) is 4.23. The van der Waals surface area contributed by atoms with Gasteiger partial charge in [0.25, 0.3) is 5.56 Å². The van der Waals surface area contributed by atoms with Gasteiger partial charge in [0.1, 0.15) is 11.6 Å². The highest BCUT2D eigenvalue weighted by Gasteiger charge is 2.14. The van der Waals surface area contributed by atoms with Gasteiger partial charge in [0.15, 0.2) is 0 Å². The highest BCUT2D eigenvalue weighted by molar-refractivity contribution is 14.1. The molecule has 0 N–H and O–H groups in total. The van der Waals surface area contributed by atoms with Crippen molar-refractivity contribution in [2.75, 3.05) is 0 Å². The molecule has 0 saturated heterocycles. The summed E-state index contributed by atoms with van der Waals surface area (Å²) in [4.78, 5) is 17.5. The van der Waals surface area contributed by atoms with Gasteiger partial charge in [0.05, 0.1) is 16.6 Å². The molecule has 118 valence electrons. The van der Waals surface area contributed by atoms with Crippen LogP contribution in [0.3, 0.4) is 0 Å². The molecule has 1 aromatic heterocycles. The van der Waals surface area contributed by atoms with E-state index < -0.39 is 0 Å². The Morgan fingerprint density at radius 2 is 1.78 bits per heavy atom. The summed E-state index contributed by atoms with van der Waals surface area (Å²) in [5, 5.41) is 0.437. The number of halogens is 2. The van der Waals surface area contributed by atoms with Crippen LogP contribution in [-0.4, -0.2) is 9.55 Å². The number of fused-ring (bicyclic) bond motifs is 1. The first-order valence-corrected chi connectivity index (χ1v) is 8.48. The van der Waals surface area contributed by atoms with Crippen molar-refractivity contribution in [2.24, 2.45) is 0 Å². The molecular formula is C18H16FIN2O. The second-order valence-corrected chi connectivity index (χ2v) is 6.81. The summed E-state index contributed by atoms with van der Waals surface area (Å²) in [6.07, 6.45) is 0.589. The maximum absolute atomic E-state index is 13.8. The quantitative estimate of drug-likeness (QED) is 0.577. The predicted octanol–water partition coefficient (Wildman–Crippen LogP) is 4.31. The third-order valence-corrected chi connectivity index (χ3v) is 4.59. The minimum Gasteiger partial charge on any atom is -0.268 e. The smallest absolute Gasteiger partial charge is 0.266 e. The molecule has 23 heavy (non-hydrogen) atoms. The Balaban J connectivity index is 2.42. The highest BCUT2D eigenvalue weighted by Crippen LogP contribution is 2.20. The van der Waals surface area contributed by atoms with E-state index in [2.05, 4.69) is 11.1 Å². The van der Waals surface area contributed by atoms with Gasteiger partial charge in [0.2, 0.25) is 0 Å². The Hall–Kier alpha value is -1.76. The van der Waals surface area contributed by atoms with Crippen molar-refractivity contribution in [1.29, 1.82) is 0 Å². The zero-order valence-electron chi connectivity index (χ0n) is 13.2. The van der Waals surface area contributed by atoms with Crippen molar-refractivity contribution >= 4 is 33.5 Å².